The molecule has 0 spiro atoms. The molecule has 27 heavy (non-hydrogen) atoms. The number of ether oxygens (including phenoxy) is 2. The fraction of sp³-hybridized carbons (Fsp3) is 0.300. The van der Waals surface area contributed by atoms with Crippen molar-refractivity contribution in [3.8, 4) is 11.5 Å². The van der Waals surface area contributed by atoms with E-state index >= 15 is 0 Å². The van der Waals surface area contributed by atoms with Crippen molar-refractivity contribution in [2.45, 2.75) is 25.3 Å². The second-order valence-corrected chi connectivity index (χ2v) is 6.33. The number of hydrogen-bond donors (Lipinski definition) is 2. The molecule has 6 nitrogen and oxygen atoms in total. The molecule has 0 aliphatic carbocycles. The largest absolute Gasteiger partial charge is 0.497 e. The maximum absolute atomic E-state index is 13.8. The highest BCUT2D eigenvalue weighted by Gasteiger charge is 2.32. The molecule has 144 valence electrons. The van der Waals surface area contributed by atoms with Gasteiger partial charge in [0.05, 0.1) is 32.6 Å². The van der Waals surface area contributed by atoms with Crippen molar-refractivity contribution in [1.82, 2.24) is 5.32 Å². The Labute approximate surface area is 156 Å². The number of aliphatic carboxylic acids is 1. The Hall–Kier alpha value is -3.09. The molecule has 1 unspecified atom stereocenters. The number of halogens is 1. The minimum atomic E-state index is -1.15. The molecule has 1 amide bonds. The summed E-state index contributed by atoms with van der Waals surface area (Å²) in [5.74, 6) is -1.41. The third kappa shape index (κ3) is 5.20. The van der Waals surface area contributed by atoms with E-state index in [4.69, 9.17) is 9.47 Å². The number of methoxy groups -OCH3 is 2. The van der Waals surface area contributed by atoms with E-state index in [9.17, 15) is 19.1 Å². The Morgan fingerprint density at radius 1 is 1.15 bits per heavy atom. The van der Waals surface area contributed by atoms with Gasteiger partial charge in [0.15, 0.2) is 11.6 Å². The summed E-state index contributed by atoms with van der Waals surface area (Å²) in [6.45, 7) is 1.63. The molecule has 0 aliphatic rings. The van der Waals surface area contributed by atoms with Gasteiger partial charge in [-0.1, -0.05) is 18.2 Å². The molecule has 0 radical (unpaired) electrons. The highest BCUT2D eigenvalue weighted by molar-refractivity contribution is 5.81. The molecule has 0 aromatic heterocycles. The Bertz CT molecular complexity index is 839. The molecule has 0 aliphatic heterocycles. The van der Waals surface area contributed by atoms with E-state index in [2.05, 4.69) is 5.32 Å². The number of benzene rings is 2. The van der Waals surface area contributed by atoms with E-state index in [1.165, 1.54) is 26.4 Å². The number of hydrogen-bond acceptors (Lipinski definition) is 4. The Balaban J connectivity index is 2.23. The first kappa shape index (κ1) is 20.2. The van der Waals surface area contributed by atoms with E-state index in [-0.39, 0.29) is 18.6 Å². The minimum Gasteiger partial charge on any atom is -0.497 e. The van der Waals surface area contributed by atoms with Gasteiger partial charge in [-0.05, 0) is 42.3 Å². The van der Waals surface area contributed by atoms with Crippen LogP contribution in [-0.2, 0) is 21.5 Å². The number of carboxylic acid groups (broad SMARTS) is 1. The standard InChI is InChI=1S/C20H22FNO5/c1-20(12-19(24)25,14-5-4-6-15(11-14)26-2)22-18(23)10-13-7-8-17(27-3)16(21)9-13/h4-9,11H,10,12H2,1-3H3,(H,22,23)(H,24,25). The predicted octanol–water partition coefficient (Wildman–Crippen LogP) is 2.89. The summed E-state index contributed by atoms with van der Waals surface area (Å²) < 4.78 is 23.8. The zero-order valence-corrected chi connectivity index (χ0v) is 15.4. The van der Waals surface area contributed by atoms with Crippen LogP contribution in [0.4, 0.5) is 4.39 Å². The molecule has 0 saturated carbocycles. The quantitative estimate of drug-likeness (QED) is 0.741. The van der Waals surface area contributed by atoms with E-state index < -0.39 is 23.2 Å². The van der Waals surface area contributed by atoms with Gasteiger partial charge in [-0.25, -0.2) is 4.39 Å². The molecular weight excluding hydrogens is 353 g/mol. The predicted molar refractivity (Wildman–Crippen MR) is 97.4 cm³/mol. The van der Waals surface area contributed by atoms with Crippen LogP contribution in [0.3, 0.4) is 0 Å². The van der Waals surface area contributed by atoms with Gasteiger partial charge in [-0.3, -0.25) is 9.59 Å². The van der Waals surface area contributed by atoms with Gasteiger partial charge in [0, 0.05) is 0 Å². The lowest BCUT2D eigenvalue weighted by Crippen LogP contribution is -2.45. The van der Waals surface area contributed by atoms with Gasteiger partial charge < -0.3 is 19.9 Å². The SMILES string of the molecule is COc1cccc(C(C)(CC(=O)O)NC(=O)Cc2ccc(OC)c(F)c2)c1. The molecule has 1 atom stereocenters. The van der Waals surface area contributed by atoms with Crippen molar-refractivity contribution in [2.75, 3.05) is 14.2 Å². The molecule has 2 rings (SSSR count). The highest BCUT2D eigenvalue weighted by atomic mass is 19.1. The summed E-state index contributed by atoms with van der Waals surface area (Å²) >= 11 is 0. The maximum atomic E-state index is 13.8. The molecule has 0 saturated heterocycles. The normalized spacial score (nSPS) is 12.7. The van der Waals surface area contributed by atoms with Crippen LogP contribution in [-0.4, -0.2) is 31.2 Å². The number of carbonyl (C=O) groups excluding carboxylic acids is 1. The van der Waals surface area contributed by atoms with Crippen LogP contribution >= 0.6 is 0 Å². The number of amides is 1. The molecule has 2 aromatic carbocycles. The van der Waals surface area contributed by atoms with Crippen LogP contribution in [0.1, 0.15) is 24.5 Å². The van der Waals surface area contributed by atoms with Crippen LogP contribution in [0.5, 0.6) is 11.5 Å². The average Bonchev–Trinajstić information content (AvgIpc) is 2.61. The van der Waals surface area contributed by atoms with E-state index in [0.717, 1.165) is 0 Å². The van der Waals surface area contributed by atoms with E-state index in [1.807, 2.05) is 0 Å². The monoisotopic (exact) mass is 375 g/mol. The van der Waals surface area contributed by atoms with Crippen molar-refractivity contribution in [3.63, 3.8) is 0 Å². The summed E-state index contributed by atoms with van der Waals surface area (Å²) in [4.78, 5) is 23.9. The van der Waals surface area contributed by atoms with Crippen LogP contribution < -0.4 is 14.8 Å². The zero-order valence-electron chi connectivity index (χ0n) is 15.4. The zero-order chi connectivity index (χ0) is 20.0. The lowest BCUT2D eigenvalue weighted by atomic mass is 9.88. The number of carbonyl (C=O) groups is 2. The van der Waals surface area contributed by atoms with Gasteiger partial charge in [0.2, 0.25) is 5.91 Å². The minimum absolute atomic E-state index is 0.0891. The first-order valence-electron chi connectivity index (χ1n) is 8.27. The highest BCUT2D eigenvalue weighted by Crippen LogP contribution is 2.28. The number of rotatable bonds is 8. The number of carboxylic acids is 1. The molecule has 2 N–H and O–H groups in total. The molecule has 0 bridgehead atoms. The van der Waals surface area contributed by atoms with Crippen molar-refractivity contribution < 1.29 is 28.6 Å². The topological polar surface area (TPSA) is 84.9 Å². The fourth-order valence-corrected chi connectivity index (χ4v) is 2.84. The third-order valence-electron chi connectivity index (χ3n) is 4.21. The molecule has 7 heteroatoms. The summed E-state index contributed by atoms with van der Waals surface area (Å²) in [5.41, 5.74) is -0.102. The Morgan fingerprint density at radius 2 is 1.89 bits per heavy atom. The summed E-state index contributed by atoms with van der Waals surface area (Å²) in [5, 5.41) is 12.0. The van der Waals surface area contributed by atoms with Crippen LogP contribution in [0, 0.1) is 5.82 Å². The lowest BCUT2D eigenvalue weighted by molar-refractivity contribution is -0.139. The third-order valence-corrected chi connectivity index (χ3v) is 4.21. The molecule has 0 heterocycles. The second kappa shape index (κ2) is 8.53. The summed E-state index contributed by atoms with van der Waals surface area (Å²) in [7, 11) is 2.86. The van der Waals surface area contributed by atoms with E-state index in [1.54, 1.807) is 37.3 Å². The Kier molecular flexibility index (Phi) is 6.39. The first-order valence-corrected chi connectivity index (χ1v) is 8.27. The molecule has 2 aromatic rings. The van der Waals surface area contributed by atoms with Gasteiger partial charge in [-0.2, -0.15) is 0 Å². The van der Waals surface area contributed by atoms with Crippen LogP contribution in [0.2, 0.25) is 0 Å². The van der Waals surface area contributed by atoms with Gasteiger partial charge >= 0.3 is 5.97 Å². The molecule has 0 fully saturated rings. The Morgan fingerprint density at radius 3 is 2.48 bits per heavy atom. The second-order valence-electron chi connectivity index (χ2n) is 6.33. The van der Waals surface area contributed by atoms with E-state index in [0.29, 0.717) is 16.9 Å². The average molecular weight is 375 g/mol. The molecular formula is C20H22FNO5. The number of nitrogens with one attached hydrogen (secondary N) is 1. The van der Waals surface area contributed by atoms with Gasteiger partial charge in [-0.15, -0.1) is 0 Å². The van der Waals surface area contributed by atoms with Crippen LogP contribution in [0.15, 0.2) is 42.5 Å². The van der Waals surface area contributed by atoms with Crippen LogP contribution in [0.25, 0.3) is 0 Å². The van der Waals surface area contributed by atoms with Gasteiger partial charge in [0.1, 0.15) is 5.75 Å². The summed E-state index contributed by atoms with van der Waals surface area (Å²) in [6.07, 6.45) is -0.414. The van der Waals surface area contributed by atoms with Crippen molar-refractivity contribution in [1.29, 1.82) is 0 Å². The van der Waals surface area contributed by atoms with Gasteiger partial charge in [0.25, 0.3) is 0 Å². The van der Waals surface area contributed by atoms with Crippen molar-refractivity contribution in [3.05, 3.63) is 59.4 Å². The smallest absolute Gasteiger partial charge is 0.306 e. The van der Waals surface area contributed by atoms with Crippen molar-refractivity contribution >= 4 is 11.9 Å². The first-order chi connectivity index (χ1) is 12.8. The maximum Gasteiger partial charge on any atom is 0.306 e. The summed E-state index contributed by atoms with van der Waals surface area (Å²) in [6, 6.07) is 11.1. The lowest BCUT2D eigenvalue weighted by Gasteiger charge is -2.30. The fourth-order valence-electron chi connectivity index (χ4n) is 2.84. The van der Waals surface area contributed by atoms with Crippen molar-refractivity contribution in [2.24, 2.45) is 0 Å².